The molecular formula is C14H20N2O. The molecule has 0 unspecified atom stereocenters. The molecular weight excluding hydrogens is 212 g/mol. The van der Waals surface area contributed by atoms with E-state index in [1.54, 1.807) is 18.1 Å². The average Bonchev–Trinajstić information content (AvgIpc) is 2.35. The third kappa shape index (κ3) is 3.94. The highest BCUT2D eigenvalue weighted by atomic mass is 16.2. The Kier molecular flexibility index (Phi) is 4.76. The van der Waals surface area contributed by atoms with Gasteiger partial charge in [0.2, 0.25) is 0 Å². The van der Waals surface area contributed by atoms with Crippen LogP contribution in [0.3, 0.4) is 0 Å². The van der Waals surface area contributed by atoms with Gasteiger partial charge in [0.25, 0.3) is 0 Å². The van der Waals surface area contributed by atoms with E-state index in [1.807, 2.05) is 37.3 Å². The molecule has 0 saturated heterocycles. The summed E-state index contributed by atoms with van der Waals surface area (Å²) in [5.41, 5.74) is 2.03. The molecule has 0 aliphatic carbocycles. The van der Waals surface area contributed by atoms with Crippen molar-refractivity contribution in [1.29, 1.82) is 0 Å². The van der Waals surface area contributed by atoms with Crippen LogP contribution >= 0.6 is 0 Å². The van der Waals surface area contributed by atoms with Gasteiger partial charge in [-0.05, 0) is 25.0 Å². The summed E-state index contributed by atoms with van der Waals surface area (Å²) in [4.78, 5) is 13.4. The van der Waals surface area contributed by atoms with Crippen LogP contribution in [0.1, 0.15) is 20.8 Å². The maximum absolute atomic E-state index is 11.8. The summed E-state index contributed by atoms with van der Waals surface area (Å²) in [6, 6.07) is 9.42. The van der Waals surface area contributed by atoms with Crippen molar-refractivity contribution in [3.8, 4) is 0 Å². The highest BCUT2D eigenvalue weighted by Gasteiger charge is 2.08. The number of hydrogen-bond donors (Lipinski definition) is 1. The first-order valence-electron chi connectivity index (χ1n) is 5.78. The molecule has 0 atom stereocenters. The van der Waals surface area contributed by atoms with Crippen molar-refractivity contribution in [3.63, 3.8) is 0 Å². The Labute approximate surface area is 103 Å². The van der Waals surface area contributed by atoms with Gasteiger partial charge in [-0.25, -0.2) is 4.79 Å². The van der Waals surface area contributed by atoms with Gasteiger partial charge in [0.15, 0.2) is 0 Å². The fourth-order valence-corrected chi connectivity index (χ4v) is 1.21. The van der Waals surface area contributed by atoms with Gasteiger partial charge in [-0.3, -0.25) is 4.90 Å². The van der Waals surface area contributed by atoms with Gasteiger partial charge >= 0.3 is 6.03 Å². The van der Waals surface area contributed by atoms with Gasteiger partial charge < -0.3 is 5.32 Å². The topological polar surface area (TPSA) is 32.3 Å². The smallest absolute Gasteiger partial charge is 0.314 e. The minimum Gasteiger partial charge on any atom is -0.314 e. The average molecular weight is 232 g/mol. The Morgan fingerprint density at radius 3 is 2.41 bits per heavy atom. The van der Waals surface area contributed by atoms with Crippen LogP contribution in [0.4, 0.5) is 10.5 Å². The number of nitrogens with zero attached hydrogens (tertiary/aromatic N) is 1. The number of nitrogens with one attached hydrogen (secondary N) is 1. The monoisotopic (exact) mass is 232 g/mol. The molecule has 0 bridgehead atoms. The minimum atomic E-state index is -0.129. The van der Waals surface area contributed by atoms with Crippen LogP contribution in [0.2, 0.25) is 0 Å². The van der Waals surface area contributed by atoms with E-state index in [9.17, 15) is 4.79 Å². The van der Waals surface area contributed by atoms with Gasteiger partial charge in [-0.15, -0.1) is 0 Å². The van der Waals surface area contributed by atoms with Crippen LogP contribution < -0.4 is 10.2 Å². The number of urea groups is 1. The van der Waals surface area contributed by atoms with E-state index in [-0.39, 0.29) is 6.03 Å². The minimum absolute atomic E-state index is 0.129. The van der Waals surface area contributed by atoms with Crippen molar-refractivity contribution < 1.29 is 4.79 Å². The van der Waals surface area contributed by atoms with Crippen molar-refractivity contribution >= 4 is 11.7 Å². The molecule has 0 fully saturated rings. The Balaban J connectivity index is 2.63. The largest absolute Gasteiger partial charge is 0.325 e. The van der Waals surface area contributed by atoms with Gasteiger partial charge in [-0.1, -0.05) is 37.6 Å². The van der Waals surface area contributed by atoms with E-state index in [2.05, 4.69) is 19.2 Å². The van der Waals surface area contributed by atoms with E-state index in [4.69, 9.17) is 0 Å². The SMILES string of the molecule is C/C(=C\NC(=O)N(C)c1ccccc1)C(C)C. The van der Waals surface area contributed by atoms with Crippen LogP contribution in [-0.4, -0.2) is 13.1 Å². The number of carbonyl (C=O) groups excluding carboxylic acids is 1. The molecule has 0 spiro atoms. The highest BCUT2D eigenvalue weighted by molar-refractivity contribution is 5.91. The fraction of sp³-hybridized carbons (Fsp3) is 0.357. The van der Waals surface area contributed by atoms with E-state index in [1.165, 1.54) is 0 Å². The molecule has 2 amide bonds. The molecule has 0 aliphatic heterocycles. The van der Waals surface area contributed by atoms with Crippen LogP contribution in [0.25, 0.3) is 0 Å². The van der Waals surface area contributed by atoms with Crippen molar-refractivity contribution in [1.82, 2.24) is 5.32 Å². The first-order valence-corrected chi connectivity index (χ1v) is 5.78. The Bertz CT molecular complexity index is 396. The van der Waals surface area contributed by atoms with Crippen LogP contribution in [0, 0.1) is 5.92 Å². The van der Waals surface area contributed by atoms with Crippen LogP contribution in [0.15, 0.2) is 42.1 Å². The number of anilines is 1. The number of amides is 2. The molecule has 0 heterocycles. The predicted octanol–water partition coefficient (Wildman–Crippen LogP) is 3.39. The van der Waals surface area contributed by atoms with Gasteiger partial charge in [0, 0.05) is 18.9 Å². The van der Waals surface area contributed by atoms with E-state index >= 15 is 0 Å². The number of hydrogen-bond acceptors (Lipinski definition) is 1. The van der Waals surface area contributed by atoms with Gasteiger partial charge in [0.05, 0.1) is 0 Å². The maximum atomic E-state index is 11.8. The van der Waals surface area contributed by atoms with E-state index in [0.29, 0.717) is 5.92 Å². The number of carbonyl (C=O) groups is 1. The number of benzene rings is 1. The van der Waals surface area contributed by atoms with Crippen LogP contribution in [-0.2, 0) is 0 Å². The Hall–Kier alpha value is -1.77. The lowest BCUT2D eigenvalue weighted by Crippen LogP contribution is -2.34. The van der Waals surface area contributed by atoms with Crippen LogP contribution in [0.5, 0.6) is 0 Å². The quantitative estimate of drug-likeness (QED) is 0.851. The highest BCUT2D eigenvalue weighted by Crippen LogP contribution is 2.11. The molecule has 0 saturated carbocycles. The maximum Gasteiger partial charge on any atom is 0.325 e. The second kappa shape index (κ2) is 6.09. The zero-order chi connectivity index (χ0) is 12.8. The number of para-hydroxylation sites is 1. The van der Waals surface area contributed by atoms with Crippen molar-refractivity contribution in [3.05, 3.63) is 42.1 Å². The molecule has 3 nitrogen and oxygen atoms in total. The fourth-order valence-electron chi connectivity index (χ4n) is 1.21. The lowest BCUT2D eigenvalue weighted by molar-refractivity contribution is 0.250. The van der Waals surface area contributed by atoms with Gasteiger partial charge in [0.1, 0.15) is 0 Å². The molecule has 17 heavy (non-hydrogen) atoms. The molecule has 1 rings (SSSR count). The standard InChI is InChI=1S/C14H20N2O/c1-11(2)12(3)10-15-14(17)16(4)13-8-6-5-7-9-13/h5-11H,1-4H3,(H,15,17)/b12-10+. The summed E-state index contributed by atoms with van der Waals surface area (Å²) in [7, 11) is 1.75. The predicted molar refractivity (Wildman–Crippen MR) is 72.0 cm³/mol. The lowest BCUT2D eigenvalue weighted by atomic mass is 10.1. The Morgan fingerprint density at radius 1 is 1.29 bits per heavy atom. The first kappa shape index (κ1) is 13.3. The zero-order valence-corrected chi connectivity index (χ0v) is 10.9. The summed E-state index contributed by atoms with van der Waals surface area (Å²) >= 11 is 0. The summed E-state index contributed by atoms with van der Waals surface area (Å²) in [5.74, 6) is 0.442. The molecule has 1 N–H and O–H groups in total. The number of allylic oxidation sites excluding steroid dienone is 1. The molecule has 0 radical (unpaired) electrons. The molecule has 1 aromatic rings. The van der Waals surface area contributed by atoms with Gasteiger partial charge in [-0.2, -0.15) is 0 Å². The second-order valence-corrected chi connectivity index (χ2v) is 4.39. The molecule has 3 heteroatoms. The summed E-state index contributed by atoms with van der Waals surface area (Å²) in [5, 5.41) is 2.79. The summed E-state index contributed by atoms with van der Waals surface area (Å²) < 4.78 is 0. The van der Waals surface area contributed by atoms with Crippen molar-refractivity contribution in [2.24, 2.45) is 5.92 Å². The zero-order valence-electron chi connectivity index (χ0n) is 10.9. The van der Waals surface area contributed by atoms with Crippen molar-refractivity contribution in [2.75, 3.05) is 11.9 Å². The van der Waals surface area contributed by atoms with E-state index < -0.39 is 0 Å². The molecule has 92 valence electrons. The lowest BCUT2D eigenvalue weighted by Gasteiger charge is -2.17. The second-order valence-electron chi connectivity index (χ2n) is 4.39. The molecule has 0 aromatic heterocycles. The van der Waals surface area contributed by atoms with E-state index in [0.717, 1.165) is 11.3 Å². The Morgan fingerprint density at radius 2 is 1.88 bits per heavy atom. The first-order chi connectivity index (χ1) is 8.02. The third-order valence-electron chi connectivity index (χ3n) is 2.78. The molecule has 0 aliphatic rings. The normalized spacial score (nSPS) is 11.5. The number of rotatable bonds is 3. The summed E-state index contributed by atoms with van der Waals surface area (Å²) in [6.45, 7) is 6.20. The summed E-state index contributed by atoms with van der Waals surface area (Å²) in [6.07, 6.45) is 1.77. The molecule has 1 aromatic carbocycles. The van der Waals surface area contributed by atoms with Crippen molar-refractivity contribution in [2.45, 2.75) is 20.8 Å². The third-order valence-corrected chi connectivity index (χ3v) is 2.78.